The predicted molar refractivity (Wildman–Crippen MR) is 85.9 cm³/mol. The monoisotopic (exact) mass is 366 g/mol. The Kier molecular flexibility index (Phi) is 5.84. The fourth-order valence-electron chi connectivity index (χ4n) is 2.32. The number of hydrogen-bond donors (Lipinski definition) is 1. The van der Waals surface area contributed by atoms with Gasteiger partial charge in [0.1, 0.15) is 4.90 Å². The summed E-state index contributed by atoms with van der Waals surface area (Å²) in [5, 5.41) is 0.105. The Morgan fingerprint density at radius 3 is 2.32 bits per heavy atom. The second-order valence-corrected chi connectivity index (χ2v) is 9.33. The van der Waals surface area contributed by atoms with E-state index in [1.165, 1.54) is 16.4 Å². The molecule has 0 atom stereocenters. The van der Waals surface area contributed by atoms with Crippen molar-refractivity contribution in [3.05, 3.63) is 29.3 Å². The molecule has 1 aromatic carbocycles. The smallest absolute Gasteiger partial charge is 0.212 e. The predicted octanol–water partition coefficient (Wildman–Crippen LogP) is 1.43. The number of rotatable bonds is 6. The van der Waals surface area contributed by atoms with E-state index in [9.17, 15) is 16.8 Å². The SMILES string of the molecule is O=S(=O)(NCCS(=O)(=O)N1CCCCC1)c1ccccc1Cl. The Balaban J connectivity index is 1.97. The quantitative estimate of drug-likeness (QED) is 0.825. The molecule has 0 aliphatic carbocycles. The molecule has 1 aliphatic rings. The van der Waals surface area contributed by atoms with Gasteiger partial charge in [0.2, 0.25) is 20.0 Å². The van der Waals surface area contributed by atoms with Gasteiger partial charge in [0.25, 0.3) is 0 Å². The van der Waals surface area contributed by atoms with Crippen molar-refractivity contribution in [3.8, 4) is 0 Å². The van der Waals surface area contributed by atoms with E-state index in [-0.39, 0.29) is 22.2 Å². The largest absolute Gasteiger partial charge is 0.242 e. The minimum Gasteiger partial charge on any atom is -0.212 e. The van der Waals surface area contributed by atoms with Crippen LogP contribution in [0.25, 0.3) is 0 Å². The Labute approximate surface area is 136 Å². The molecule has 0 saturated carbocycles. The summed E-state index contributed by atoms with van der Waals surface area (Å²) in [5.74, 6) is -0.253. The zero-order chi connectivity index (χ0) is 16.2. The summed E-state index contributed by atoms with van der Waals surface area (Å²) in [6, 6.07) is 6.04. The summed E-state index contributed by atoms with van der Waals surface area (Å²) in [5.41, 5.74) is 0. The number of piperidine rings is 1. The maximum atomic E-state index is 12.1. The van der Waals surface area contributed by atoms with E-state index in [1.54, 1.807) is 12.1 Å². The van der Waals surface area contributed by atoms with Crippen LogP contribution in [-0.2, 0) is 20.0 Å². The van der Waals surface area contributed by atoms with Crippen LogP contribution in [0.15, 0.2) is 29.2 Å². The van der Waals surface area contributed by atoms with E-state index in [4.69, 9.17) is 11.6 Å². The highest BCUT2D eigenvalue weighted by Gasteiger charge is 2.24. The standard InChI is InChI=1S/C13H19ClN2O4S2/c14-12-6-2-3-7-13(12)22(19,20)15-8-11-21(17,18)16-9-4-1-5-10-16/h2-3,6-7,15H,1,4-5,8-11H2. The molecule has 1 saturated heterocycles. The van der Waals surface area contributed by atoms with Crippen LogP contribution in [0, 0.1) is 0 Å². The Morgan fingerprint density at radius 1 is 1.05 bits per heavy atom. The van der Waals surface area contributed by atoms with Crippen molar-refractivity contribution in [1.82, 2.24) is 9.03 Å². The molecule has 0 amide bonds. The van der Waals surface area contributed by atoms with Crippen molar-refractivity contribution < 1.29 is 16.8 Å². The molecule has 6 nitrogen and oxygen atoms in total. The van der Waals surface area contributed by atoms with Crippen molar-refractivity contribution in [2.45, 2.75) is 24.2 Å². The number of halogens is 1. The van der Waals surface area contributed by atoms with Gasteiger partial charge < -0.3 is 0 Å². The minimum absolute atomic E-state index is 0.0490. The normalized spacial score (nSPS) is 17.5. The molecule has 22 heavy (non-hydrogen) atoms. The fraction of sp³-hybridized carbons (Fsp3) is 0.538. The molecular weight excluding hydrogens is 348 g/mol. The van der Waals surface area contributed by atoms with Crippen LogP contribution in [0.4, 0.5) is 0 Å². The Bertz CT molecular complexity index is 713. The van der Waals surface area contributed by atoms with E-state index >= 15 is 0 Å². The van der Waals surface area contributed by atoms with Crippen LogP contribution in [-0.4, -0.2) is 46.5 Å². The molecule has 1 aliphatic heterocycles. The molecule has 0 unspecified atom stereocenters. The molecule has 0 spiro atoms. The lowest BCUT2D eigenvalue weighted by Gasteiger charge is -2.25. The summed E-state index contributed by atoms with van der Waals surface area (Å²) in [7, 11) is -7.23. The van der Waals surface area contributed by atoms with Crippen LogP contribution in [0.2, 0.25) is 5.02 Å². The van der Waals surface area contributed by atoms with Crippen molar-refractivity contribution >= 4 is 31.6 Å². The maximum absolute atomic E-state index is 12.1. The topological polar surface area (TPSA) is 83.5 Å². The van der Waals surface area contributed by atoms with Crippen molar-refractivity contribution in [3.63, 3.8) is 0 Å². The van der Waals surface area contributed by atoms with Crippen molar-refractivity contribution in [1.29, 1.82) is 0 Å². The Morgan fingerprint density at radius 2 is 1.68 bits per heavy atom. The van der Waals surface area contributed by atoms with Crippen LogP contribution in [0.1, 0.15) is 19.3 Å². The lowest BCUT2D eigenvalue weighted by Crippen LogP contribution is -2.40. The zero-order valence-corrected chi connectivity index (χ0v) is 14.4. The zero-order valence-electron chi connectivity index (χ0n) is 12.0. The third kappa shape index (κ3) is 4.42. The third-order valence-corrected chi connectivity index (χ3v) is 7.32. The molecule has 124 valence electrons. The van der Waals surface area contributed by atoms with Crippen molar-refractivity contribution in [2.75, 3.05) is 25.4 Å². The lowest BCUT2D eigenvalue weighted by molar-refractivity contribution is 0.346. The molecule has 0 bridgehead atoms. The second kappa shape index (κ2) is 7.27. The van der Waals surface area contributed by atoms with Crippen LogP contribution < -0.4 is 4.72 Å². The molecule has 1 aromatic rings. The van der Waals surface area contributed by atoms with Gasteiger partial charge in [0.15, 0.2) is 0 Å². The van der Waals surface area contributed by atoms with Crippen LogP contribution in [0.3, 0.4) is 0 Å². The Hall–Kier alpha value is -0.670. The number of nitrogens with zero attached hydrogens (tertiary/aromatic N) is 1. The highest BCUT2D eigenvalue weighted by molar-refractivity contribution is 7.90. The average Bonchev–Trinajstić information content (AvgIpc) is 2.48. The molecule has 1 N–H and O–H groups in total. The first-order valence-electron chi connectivity index (χ1n) is 7.05. The van der Waals surface area contributed by atoms with E-state index in [1.807, 2.05) is 0 Å². The summed E-state index contributed by atoms with van der Waals surface area (Å²) in [6.07, 6.45) is 2.74. The van der Waals surface area contributed by atoms with E-state index in [0.29, 0.717) is 13.1 Å². The van der Waals surface area contributed by atoms with Gasteiger partial charge >= 0.3 is 0 Å². The highest BCUT2D eigenvalue weighted by Crippen LogP contribution is 2.20. The van der Waals surface area contributed by atoms with Crippen LogP contribution in [0.5, 0.6) is 0 Å². The van der Waals surface area contributed by atoms with Gasteiger partial charge in [-0.2, -0.15) is 0 Å². The molecule has 0 aromatic heterocycles. The van der Waals surface area contributed by atoms with Gasteiger partial charge in [0.05, 0.1) is 10.8 Å². The maximum Gasteiger partial charge on any atom is 0.242 e. The summed E-state index contributed by atoms with van der Waals surface area (Å²) >= 11 is 5.85. The van der Waals surface area contributed by atoms with Gasteiger partial charge in [-0.15, -0.1) is 0 Å². The first kappa shape index (κ1) is 17.7. The summed E-state index contributed by atoms with van der Waals surface area (Å²) in [4.78, 5) is -0.0490. The van der Waals surface area contributed by atoms with Gasteiger partial charge in [-0.25, -0.2) is 25.9 Å². The van der Waals surface area contributed by atoms with Crippen LogP contribution >= 0.6 is 11.6 Å². The molecule has 2 rings (SSSR count). The van der Waals surface area contributed by atoms with Crippen molar-refractivity contribution in [2.24, 2.45) is 0 Å². The summed E-state index contributed by atoms with van der Waals surface area (Å²) in [6.45, 7) is 0.853. The molecule has 1 fully saturated rings. The van der Waals surface area contributed by atoms with Gasteiger partial charge in [-0.05, 0) is 25.0 Å². The van der Waals surface area contributed by atoms with Gasteiger partial charge in [-0.3, -0.25) is 0 Å². The van der Waals surface area contributed by atoms with E-state index in [0.717, 1.165) is 19.3 Å². The number of benzene rings is 1. The third-order valence-electron chi connectivity index (χ3n) is 3.49. The van der Waals surface area contributed by atoms with Gasteiger partial charge in [0, 0.05) is 19.6 Å². The highest BCUT2D eigenvalue weighted by atomic mass is 35.5. The molecule has 0 radical (unpaired) electrons. The van der Waals surface area contributed by atoms with E-state index < -0.39 is 20.0 Å². The minimum atomic E-state index is -3.81. The molecular formula is C13H19ClN2O4S2. The number of nitrogens with one attached hydrogen (secondary N) is 1. The first-order chi connectivity index (χ1) is 10.3. The molecule has 1 heterocycles. The van der Waals surface area contributed by atoms with Gasteiger partial charge in [-0.1, -0.05) is 30.2 Å². The first-order valence-corrected chi connectivity index (χ1v) is 10.5. The average molecular weight is 367 g/mol. The number of hydrogen-bond acceptors (Lipinski definition) is 4. The fourth-order valence-corrected chi connectivity index (χ4v) is 5.43. The summed E-state index contributed by atoms with van der Waals surface area (Å²) < 4.78 is 52.2. The van der Waals surface area contributed by atoms with E-state index in [2.05, 4.69) is 4.72 Å². The molecule has 9 heteroatoms. The number of sulfonamides is 2. The second-order valence-electron chi connectivity index (χ2n) is 5.10. The lowest BCUT2D eigenvalue weighted by atomic mass is 10.2.